The van der Waals surface area contributed by atoms with Crippen molar-refractivity contribution in [2.45, 2.75) is 6.42 Å². The molecule has 0 saturated carbocycles. The van der Waals surface area contributed by atoms with Crippen LogP contribution in [0.25, 0.3) is 0 Å². The van der Waals surface area contributed by atoms with Crippen LogP contribution in [0, 0.1) is 0 Å². The average molecular weight is 197 g/mol. The molecule has 4 heteroatoms. The molecular weight excluding hydrogens is 188 g/mol. The van der Waals surface area contributed by atoms with Gasteiger partial charge in [-0.3, -0.25) is 4.79 Å². The maximum Gasteiger partial charge on any atom is 0.153 e. The van der Waals surface area contributed by atoms with Crippen molar-refractivity contribution in [3.05, 3.63) is 23.0 Å². The number of carbonyl (C=O) groups is 1. The minimum Gasteiger partial charge on any atom is -0.371 e. The van der Waals surface area contributed by atoms with E-state index in [2.05, 4.69) is 9.88 Å². The van der Waals surface area contributed by atoms with Crippen LogP contribution in [0.2, 0.25) is 5.15 Å². The molecule has 0 unspecified atom stereocenters. The van der Waals surface area contributed by atoms with Crippen molar-refractivity contribution in [3.8, 4) is 0 Å². The second kappa shape index (κ2) is 3.34. The third-order valence-corrected chi connectivity index (χ3v) is 2.41. The number of aromatic nitrogens is 1. The molecule has 2 rings (SSSR count). The molecule has 1 aliphatic rings. The van der Waals surface area contributed by atoms with E-state index in [0.717, 1.165) is 25.1 Å². The van der Waals surface area contributed by atoms with Crippen molar-refractivity contribution in [1.82, 2.24) is 4.98 Å². The first-order valence-corrected chi connectivity index (χ1v) is 4.55. The summed E-state index contributed by atoms with van der Waals surface area (Å²) in [6, 6.07) is 1.74. The molecular formula is C9H9ClN2O. The van der Waals surface area contributed by atoms with Gasteiger partial charge in [-0.2, -0.15) is 0 Å². The van der Waals surface area contributed by atoms with Gasteiger partial charge in [0, 0.05) is 19.3 Å². The zero-order valence-electron chi connectivity index (χ0n) is 7.03. The topological polar surface area (TPSA) is 33.2 Å². The van der Waals surface area contributed by atoms with Crippen molar-refractivity contribution in [2.75, 3.05) is 18.0 Å². The summed E-state index contributed by atoms with van der Waals surface area (Å²) in [6.07, 6.45) is 3.51. The molecule has 1 saturated heterocycles. The fourth-order valence-corrected chi connectivity index (χ4v) is 1.50. The van der Waals surface area contributed by atoms with Gasteiger partial charge in [-0.15, -0.1) is 0 Å². The second-order valence-electron chi connectivity index (χ2n) is 3.02. The maximum absolute atomic E-state index is 10.7. The Bertz CT molecular complexity index is 336. The van der Waals surface area contributed by atoms with Gasteiger partial charge in [0.2, 0.25) is 0 Å². The minimum atomic E-state index is 0.438. The lowest BCUT2D eigenvalue weighted by Crippen LogP contribution is -2.37. The summed E-state index contributed by atoms with van der Waals surface area (Å²) in [4.78, 5) is 16.7. The summed E-state index contributed by atoms with van der Waals surface area (Å²) in [7, 11) is 0. The van der Waals surface area contributed by atoms with Crippen LogP contribution >= 0.6 is 11.6 Å². The number of anilines is 1. The molecule has 68 valence electrons. The highest BCUT2D eigenvalue weighted by Gasteiger charge is 2.17. The van der Waals surface area contributed by atoms with E-state index < -0.39 is 0 Å². The predicted molar refractivity (Wildman–Crippen MR) is 51.5 cm³/mol. The number of halogens is 1. The molecule has 1 fully saturated rings. The zero-order chi connectivity index (χ0) is 9.26. The number of hydrogen-bond acceptors (Lipinski definition) is 3. The van der Waals surface area contributed by atoms with Crippen LogP contribution in [-0.2, 0) is 0 Å². The molecule has 0 spiro atoms. The van der Waals surface area contributed by atoms with Crippen LogP contribution in [0.3, 0.4) is 0 Å². The van der Waals surface area contributed by atoms with Crippen molar-refractivity contribution >= 4 is 23.6 Å². The third kappa shape index (κ3) is 1.52. The Labute approximate surface area is 81.3 Å². The molecule has 1 aromatic heterocycles. The molecule has 3 nitrogen and oxygen atoms in total. The maximum atomic E-state index is 10.7. The van der Waals surface area contributed by atoms with E-state index in [9.17, 15) is 4.79 Å². The number of rotatable bonds is 2. The lowest BCUT2D eigenvalue weighted by molar-refractivity contribution is 0.112. The Hall–Kier alpha value is -1.09. The van der Waals surface area contributed by atoms with E-state index in [1.54, 1.807) is 6.07 Å². The first-order chi connectivity index (χ1) is 6.31. The van der Waals surface area contributed by atoms with E-state index >= 15 is 0 Å². The van der Waals surface area contributed by atoms with E-state index in [4.69, 9.17) is 11.6 Å². The van der Waals surface area contributed by atoms with E-state index in [-0.39, 0.29) is 0 Å². The van der Waals surface area contributed by atoms with Gasteiger partial charge in [0.25, 0.3) is 0 Å². The number of nitrogens with zero attached hydrogens (tertiary/aromatic N) is 2. The highest BCUT2D eigenvalue weighted by Crippen LogP contribution is 2.25. The number of hydrogen-bond donors (Lipinski definition) is 0. The van der Waals surface area contributed by atoms with Gasteiger partial charge in [-0.1, -0.05) is 11.6 Å². The lowest BCUT2D eigenvalue weighted by Gasteiger charge is -2.33. The molecule has 0 amide bonds. The van der Waals surface area contributed by atoms with Crippen LogP contribution in [0.15, 0.2) is 12.3 Å². The summed E-state index contributed by atoms with van der Waals surface area (Å²) < 4.78 is 0. The Morgan fingerprint density at radius 2 is 2.31 bits per heavy atom. The first-order valence-electron chi connectivity index (χ1n) is 4.17. The molecule has 1 aliphatic heterocycles. The molecule has 0 bridgehead atoms. The molecule has 0 aromatic carbocycles. The largest absolute Gasteiger partial charge is 0.371 e. The van der Waals surface area contributed by atoms with Gasteiger partial charge < -0.3 is 4.90 Å². The van der Waals surface area contributed by atoms with Crippen molar-refractivity contribution in [1.29, 1.82) is 0 Å². The second-order valence-corrected chi connectivity index (χ2v) is 3.41. The summed E-state index contributed by atoms with van der Waals surface area (Å²) in [5.74, 6) is 0. The summed E-state index contributed by atoms with van der Waals surface area (Å²) >= 11 is 5.75. The van der Waals surface area contributed by atoms with Crippen LogP contribution < -0.4 is 4.90 Å². The Morgan fingerprint density at radius 1 is 1.54 bits per heavy atom. The zero-order valence-corrected chi connectivity index (χ0v) is 7.79. The first kappa shape index (κ1) is 8.51. The Morgan fingerprint density at radius 3 is 2.85 bits per heavy atom. The SMILES string of the molecule is O=Cc1cnc(Cl)cc1N1CCC1. The van der Waals surface area contributed by atoms with Crippen LogP contribution in [0.4, 0.5) is 5.69 Å². The summed E-state index contributed by atoms with van der Waals surface area (Å²) in [6.45, 7) is 2.00. The number of carbonyl (C=O) groups excluding carboxylic acids is 1. The molecule has 0 N–H and O–H groups in total. The number of aldehydes is 1. The van der Waals surface area contributed by atoms with Gasteiger partial charge in [-0.25, -0.2) is 4.98 Å². The quantitative estimate of drug-likeness (QED) is 0.534. The smallest absolute Gasteiger partial charge is 0.153 e. The van der Waals surface area contributed by atoms with E-state index in [1.165, 1.54) is 12.6 Å². The molecule has 0 aliphatic carbocycles. The van der Waals surface area contributed by atoms with Crippen molar-refractivity contribution in [3.63, 3.8) is 0 Å². The van der Waals surface area contributed by atoms with Gasteiger partial charge in [0.05, 0.1) is 11.3 Å². The highest BCUT2D eigenvalue weighted by molar-refractivity contribution is 6.29. The van der Waals surface area contributed by atoms with Crippen LogP contribution in [0.5, 0.6) is 0 Å². The molecule has 0 atom stereocenters. The van der Waals surface area contributed by atoms with Gasteiger partial charge in [0.1, 0.15) is 5.15 Å². The van der Waals surface area contributed by atoms with Crippen LogP contribution in [0.1, 0.15) is 16.8 Å². The van der Waals surface area contributed by atoms with Crippen molar-refractivity contribution in [2.24, 2.45) is 0 Å². The van der Waals surface area contributed by atoms with Crippen LogP contribution in [-0.4, -0.2) is 24.4 Å². The van der Waals surface area contributed by atoms with Crippen molar-refractivity contribution < 1.29 is 4.79 Å². The summed E-state index contributed by atoms with van der Waals surface area (Å²) in [5, 5.41) is 0.438. The highest BCUT2D eigenvalue weighted by atomic mass is 35.5. The average Bonchev–Trinajstić information content (AvgIpc) is 2.02. The minimum absolute atomic E-state index is 0.438. The Balaban J connectivity index is 2.39. The van der Waals surface area contributed by atoms with E-state index in [0.29, 0.717) is 10.7 Å². The number of pyridine rings is 1. The molecule has 1 aromatic rings. The Kier molecular flexibility index (Phi) is 2.19. The standard InChI is InChI=1S/C9H9ClN2O/c10-9-4-8(12-2-1-3-12)7(6-13)5-11-9/h4-6H,1-3H2. The molecule has 13 heavy (non-hydrogen) atoms. The lowest BCUT2D eigenvalue weighted by atomic mass is 10.1. The normalized spacial score (nSPS) is 15.3. The van der Waals surface area contributed by atoms with E-state index in [1.807, 2.05) is 0 Å². The van der Waals surface area contributed by atoms with Gasteiger partial charge in [-0.05, 0) is 12.5 Å². The van der Waals surface area contributed by atoms with Gasteiger partial charge >= 0.3 is 0 Å². The summed E-state index contributed by atoms with van der Waals surface area (Å²) in [5.41, 5.74) is 1.52. The molecule has 2 heterocycles. The fraction of sp³-hybridized carbons (Fsp3) is 0.333. The third-order valence-electron chi connectivity index (χ3n) is 2.20. The monoisotopic (exact) mass is 196 g/mol. The fourth-order valence-electron chi connectivity index (χ4n) is 1.35. The van der Waals surface area contributed by atoms with Gasteiger partial charge in [0.15, 0.2) is 6.29 Å². The predicted octanol–water partition coefficient (Wildman–Crippen LogP) is 1.76. The molecule has 0 radical (unpaired) electrons.